The molecule has 0 amide bonds. The molecule has 68 valence electrons. The Balaban J connectivity index is 3.51. The fourth-order valence-electron chi connectivity index (χ4n) is 1.01. The highest BCUT2D eigenvalue weighted by atomic mass is 16.3. The zero-order valence-electron chi connectivity index (χ0n) is 7.80. The van der Waals surface area contributed by atoms with E-state index in [9.17, 15) is 0 Å². The van der Waals surface area contributed by atoms with E-state index in [1.165, 1.54) is 0 Å². The summed E-state index contributed by atoms with van der Waals surface area (Å²) in [7, 11) is 1.94. The fourth-order valence-corrected chi connectivity index (χ4v) is 1.01. The predicted octanol–water partition coefficient (Wildman–Crippen LogP) is -0.0915. The molecule has 0 saturated heterocycles. The molecule has 3 nitrogen and oxygen atoms in total. The van der Waals surface area contributed by atoms with Crippen molar-refractivity contribution in [3.05, 3.63) is 0 Å². The van der Waals surface area contributed by atoms with Crippen LogP contribution >= 0.6 is 0 Å². The van der Waals surface area contributed by atoms with Crippen LogP contribution in [0.4, 0.5) is 0 Å². The summed E-state index contributed by atoms with van der Waals surface area (Å²) in [6.07, 6.45) is 0. The second-order valence-corrected chi connectivity index (χ2v) is 2.96. The second kappa shape index (κ2) is 6.58. The lowest BCUT2D eigenvalue weighted by atomic mass is 10.3. The van der Waals surface area contributed by atoms with Gasteiger partial charge >= 0.3 is 0 Å². The van der Waals surface area contributed by atoms with Crippen LogP contribution < -0.4 is 5.32 Å². The van der Waals surface area contributed by atoms with Crippen molar-refractivity contribution in [2.45, 2.75) is 19.9 Å². The number of nitrogens with one attached hydrogen (secondary N) is 1. The summed E-state index contributed by atoms with van der Waals surface area (Å²) in [5, 5.41) is 11.8. The van der Waals surface area contributed by atoms with Gasteiger partial charge in [-0.2, -0.15) is 0 Å². The summed E-state index contributed by atoms with van der Waals surface area (Å²) in [6, 6.07) is 0.524. The van der Waals surface area contributed by atoms with E-state index in [4.69, 9.17) is 5.11 Å². The summed E-state index contributed by atoms with van der Waals surface area (Å²) in [5.41, 5.74) is 0. The van der Waals surface area contributed by atoms with Gasteiger partial charge in [0.2, 0.25) is 0 Å². The SMILES string of the molecule is CNCCN(CCO)C(C)C. The van der Waals surface area contributed by atoms with Crippen molar-refractivity contribution in [3.8, 4) is 0 Å². The molecule has 0 aromatic carbocycles. The first-order valence-electron chi connectivity index (χ1n) is 4.22. The van der Waals surface area contributed by atoms with E-state index < -0.39 is 0 Å². The van der Waals surface area contributed by atoms with Crippen molar-refractivity contribution in [1.29, 1.82) is 0 Å². The Kier molecular flexibility index (Phi) is 6.51. The van der Waals surface area contributed by atoms with E-state index in [2.05, 4.69) is 24.1 Å². The van der Waals surface area contributed by atoms with Crippen LogP contribution in [0, 0.1) is 0 Å². The molecule has 0 aliphatic rings. The summed E-state index contributed by atoms with van der Waals surface area (Å²) < 4.78 is 0. The molecule has 0 aromatic rings. The van der Waals surface area contributed by atoms with E-state index in [-0.39, 0.29) is 6.61 Å². The number of likely N-dealkylation sites (N-methyl/N-ethyl adjacent to an activating group) is 1. The molecular formula is C8H20N2O. The van der Waals surface area contributed by atoms with Crippen LogP contribution in [0.3, 0.4) is 0 Å². The predicted molar refractivity (Wildman–Crippen MR) is 47.7 cm³/mol. The molecule has 2 N–H and O–H groups in total. The van der Waals surface area contributed by atoms with Gasteiger partial charge in [-0.05, 0) is 20.9 Å². The van der Waals surface area contributed by atoms with Gasteiger partial charge in [0.15, 0.2) is 0 Å². The Bertz CT molecular complexity index is 86.2. The lowest BCUT2D eigenvalue weighted by Gasteiger charge is -2.25. The van der Waals surface area contributed by atoms with Crippen LogP contribution in [0.5, 0.6) is 0 Å². The third-order valence-electron chi connectivity index (χ3n) is 1.77. The third-order valence-corrected chi connectivity index (χ3v) is 1.77. The van der Waals surface area contributed by atoms with Crippen molar-refractivity contribution < 1.29 is 5.11 Å². The highest BCUT2D eigenvalue weighted by molar-refractivity contribution is 4.62. The maximum atomic E-state index is 8.72. The van der Waals surface area contributed by atoms with Crippen LogP contribution in [0.2, 0.25) is 0 Å². The minimum Gasteiger partial charge on any atom is -0.395 e. The molecule has 11 heavy (non-hydrogen) atoms. The number of nitrogens with zero attached hydrogens (tertiary/aromatic N) is 1. The molecule has 0 atom stereocenters. The molecule has 0 radical (unpaired) electrons. The fraction of sp³-hybridized carbons (Fsp3) is 1.00. The Morgan fingerprint density at radius 3 is 2.36 bits per heavy atom. The maximum absolute atomic E-state index is 8.72. The van der Waals surface area contributed by atoms with Gasteiger partial charge in [0.25, 0.3) is 0 Å². The third kappa shape index (κ3) is 5.18. The number of aliphatic hydroxyl groups excluding tert-OH is 1. The van der Waals surface area contributed by atoms with E-state index >= 15 is 0 Å². The smallest absolute Gasteiger partial charge is 0.0558 e. The Hall–Kier alpha value is -0.120. The molecule has 0 fully saturated rings. The molecule has 0 unspecified atom stereocenters. The molecule has 0 aliphatic carbocycles. The molecular weight excluding hydrogens is 140 g/mol. The van der Waals surface area contributed by atoms with Gasteiger partial charge in [-0.1, -0.05) is 0 Å². The van der Waals surface area contributed by atoms with Gasteiger partial charge in [-0.25, -0.2) is 0 Å². The van der Waals surface area contributed by atoms with Crippen LogP contribution in [0.25, 0.3) is 0 Å². The largest absolute Gasteiger partial charge is 0.395 e. The summed E-state index contributed by atoms with van der Waals surface area (Å²) in [4.78, 5) is 2.25. The number of aliphatic hydroxyl groups is 1. The Labute approximate surface area is 69.4 Å². The average Bonchev–Trinajstić information content (AvgIpc) is 1.97. The molecule has 0 saturated carbocycles. The maximum Gasteiger partial charge on any atom is 0.0558 e. The van der Waals surface area contributed by atoms with Crippen molar-refractivity contribution in [3.63, 3.8) is 0 Å². The first-order chi connectivity index (χ1) is 5.22. The molecule has 0 bridgehead atoms. The van der Waals surface area contributed by atoms with E-state index in [1.807, 2.05) is 7.05 Å². The Morgan fingerprint density at radius 1 is 1.36 bits per heavy atom. The summed E-state index contributed by atoms with van der Waals surface area (Å²) in [6.45, 7) is 7.31. The molecule has 0 heterocycles. The van der Waals surface area contributed by atoms with Gasteiger partial charge < -0.3 is 10.4 Å². The molecule has 0 spiro atoms. The van der Waals surface area contributed by atoms with Crippen LogP contribution in [0.1, 0.15) is 13.8 Å². The number of hydrogen-bond acceptors (Lipinski definition) is 3. The number of rotatable bonds is 6. The molecule has 3 heteroatoms. The van der Waals surface area contributed by atoms with Crippen LogP contribution in [-0.4, -0.2) is 49.3 Å². The zero-order chi connectivity index (χ0) is 8.69. The van der Waals surface area contributed by atoms with Gasteiger partial charge in [-0.3, -0.25) is 4.90 Å². The first-order valence-corrected chi connectivity index (χ1v) is 4.22. The highest BCUT2D eigenvalue weighted by Gasteiger charge is 2.06. The van der Waals surface area contributed by atoms with Crippen LogP contribution in [0.15, 0.2) is 0 Å². The highest BCUT2D eigenvalue weighted by Crippen LogP contribution is 1.95. The molecule has 0 aromatic heterocycles. The summed E-state index contributed by atoms with van der Waals surface area (Å²) in [5.74, 6) is 0. The average molecular weight is 160 g/mol. The topological polar surface area (TPSA) is 35.5 Å². The van der Waals surface area contributed by atoms with Crippen LogP contribution in [-0.2, 0) is 0 Å². The van der Waals surface area contributed by atoms with Gasteiger partial charge in [0, 0.05) is 25.7 Å². The molecule has 0 rings (SSSR count). The second-order valence-electron chi connectivity index (χ2n) is 2.96. The number of hydrogen-bond donors (Lipinski definition) is 2. The van der Waals surface area contributed by atoms with Crippen molar-refractivity contribution >= 4 is 0 Å². The van der Waals surface area contributed by atoms with Gasteiger partial charge in [0.05, 0.1) is 6.61 Å². The van der Waals surface area contributed by atoms with Crippen molar-refractivity contribution in [2.24, 2.45) is 0 Å². The summed E-state index contributed by atoms with van der Waals surface area (Å²) >= 11 is 0. The lowest BCUT2D eigenvalue weighted by molar-refractivity contribution is 0.167. The van der Waals surface area contributed by atoms with Gasteiger partial charge in [0.1, 0.15) is 0 Å². The van der Waals surface area contributed by atoms with Crippen molar-refractivity contribution in [1.82, 2.24) is 10.2 Å². The zero-order valence-corrected chi connectivity index (χ0v) is 7.80. The van der Waals surface area contributed by atoms with E-state index in [0.717, 1.165) is 19.6 Å². The minimum atomic E-state index is 0.252. The molecule has 0 aliphatic heterocycles. The monoisotopic (exact) mass is 160 g/mol. The lowest BCUT2D eigenvalue weighted by Crippen LogP contribution is -2.38. The van der Waals surface area contributed by atoms with Gasteiger partial charge in [-0.15, -0.1) is 0 Å². The minimum absolute atomic E-state index is 0.252. The van der Waals surface area contributed by atoms with E-state index in [0.29, 0.717) is 6.04 Å². The van der Waals surface area contributed by atoms with E-state index in [1.54, 1.807) is 0 Å². The quantitative estimate of drug-likeness (QED) is 0.570. The van der Waals surface area contributed by atoms with Crippen molar-refractivity contribution in [2.75, 3.05) is 33.3 Å². The first kappa shape index (κ1) is 10.9. The Morgan fingerprint density at radius 2 is 2.00 bits per heavy atom. The normalized spacial score (nSPS) is 11.5. The standard InChI is InChI=1S/C8H20N2O/c1-8(2)10(6-7-11)5-4-9-3/h8-9,11H,4-7H2,1-3H3.